The fourth-order valence-electron chi connectivity index (χ4n) is 2.38. The Hall–Kier alpha value is -0.520. The van der Waals surface area contributed by atoms with Gasteiger partial charge < -0.3 is 5.32 Å². The van der Waals surface area contributed by atoms with Crippen molar-refractivity contribution in [1.29, 1.82) is 0 Å². The molecule has 2 heteroatoms. The third-order valence-electron chi connectivity index (χ3n) is 3.92. The summed E-state index contributed by atoms with van der Waals surface area (Å²) in [5, 5.41) is 3.68. The van der Waals surface area contributed by atoms with Gasteiger partial charge in [-0.25, -0.2) is 0 Å². The van der Waals surface area contributed by atoms with Crippen LogP contribution in [0.15, 0.2) is 0 Å². The molecule has 0 aromatic carbocycles. The van der Waals surface area contributed by atoms with Gasteiger partial charge >= 0.3 is 0 Å². The Morgan fingerprint density at radius 1 is 1.53 bits per heavy atom. The van der Waals surface area contributed by atoms with Crippen LogP contribution < -0.4 is 5.32 Å². The summed E-state index contributed by atoms with van der Waals surface area (Å²) in [6.07, 6.45) is 7.87. The molecule has 1 fully saturated rings. The van der Waals surface area contributed by atoms with Crippen molar-refractivity contribution in [2.75, 3.05) is 13.1 Å². The number of nitrogens with one attached hydrogen (secondary N) is 1. The van der Waals surface area contributed by atoms with Crippen LogP contribution in [0.1, 0.15) is 40.5 Å². The van der Waals surface area contributed by atoms with Gasteiger partial charge in [-0.15, -0.1) is 6.42 Å². The van der Waals surface area contributed by atoms with E-state index in [-0.39, 0.29) is 11.6 Å². The van der Waals surface area contributed by atoms with Crippen molar-refractivity contribution in [3.8, 4) is 12.3 Å². The van der Waals surface area contributed by atoms with E-state index in [1.807, 2.05) is 0 Å². The maximum absolute atomic E-state index is 5.52. The van der Waals surface area contributed by atoms with Gasteiger partial charge in [0.15, 0.2) is 0 Å². The van der Waals surface area contributed by atoms with E-state index in [1.165, 1.54) is 12.8 Å². The van der Waals surface area contributed by atoms with Crippen LogP contribution in [0.25, 0.3) is 0 Å². The molecule has 86 valence electrons. The number of piperazine rings is 1. The summed E-state index contributed by atoms with van der Waals surface area (Å²) in [7, 11) is 0. The highest BCUT2D eigenvalue weighted by molar-refractivity contribution is 5.04. The van der Waals surface area contributed by atoms with Crippen molar-refractivity contribution in [1.82, 2.24) is 10.2 Å². The van der Waals surface area contributed by atoms with Crippen LogP contribution in [-0.4, -0.2) is 35.6 Å². The first-order valence-electron chi connectivity index (χ1n) is 6.05. The topological polar surface area (TPSA) is 15.3 Å². The van der Waals surface area contributed by atoms with Gasteiger partial charge in [0.1, 0.15) is 0 Å². The predicted molar refractivity (Wildman–Crippen MR) is 65.8 cm³/mol. The summed E-state index contributed by atoms with van der Waals surface area (Å²) < 4.78 is 0. The molecule has 1 heterocycles. The first-order chi connectivity index (χ1) is 7.08. The quantitative estimate of drug-likeness (QED) is 0.712. The Labute approximate surface area is 94.4 Å². The second-order valence-corrected chi connectivity index (χ2v) is 4.73. The van der Waals surface area contributed by atoms with Crippen LogP contribution in [0.3, 0.4) is 0 Å². The fourth-order valence-corrected chi connectivity index (χ4v) is 2.38. The third kappa shape index (κ3) is 2.53. The molecule has 1 aliphatic rings. The molecule has 1 rings (SSSR count). The highest BCUT2D eigenvalue weighted by Crippen LogP contribution is 2.23. The lowest BCUT2D eigenvalue weighted by Crippen LogP contribution is -2.64. The van der Waals surface area contributed by atoms with Crippen LogP contribution in [0.5, 0.6) is 0 Å². The maximum Gasteiger partial charge on any atom is 0.0686 e. The highest BCUT2D eigenvalue weighted by Gasteiger charge is 2.36. The summed E-state index contributed by atoms with van der Waals surface area (Å²) in [6, 6.07) is 0.793. The van der Waals surface area contributed by atoms with Gasteiger partial charge in [-0.1, -0.05) is 19.8 Å². The molecule has 1 aliphatic heterocycles. The molecular formula is C13H24N2. The maximum atomic E-state index is 5.52. The van der Waals surface area contributed by atoms with Crippen LogP contribution in [0.4, 0.5) is 0 Å². The van der Waals surface area contributed by atoms with E-state index in [4.69, 9.17) is 6.42 Å². The number of nitrogens with zero attached hydrogens (tertiary/aromatic N) is 1. The summed E-state index contributed by atoms with van der Waals surface area (Å²) in [6.45, 7) is 11.0. The van der Waals surface area contributed by atoms with Gasteiger partial charge in [0.05, 0.1) is 6.04 Å². The van der Waals surface area contributed by atoms with Crippen molar-refractivity contribution >= 4 is 0 Å². The molecule has 0 bridgehead atoms. The minimum Gasteiger partial charge on any atom is -0.308 e. The second-order valence-electron chi connectivity index (χ2n) is 4.73. The lowest BCUT2D eigenvalue weighted by molar-refractivity contribution is 0.0674. The van der Waals surface area contributed by atoms with Crippen molar-refractivity contribution in [3.05, 3.63) is 0 Å². The minimum absolute atomic E-state index is 0.250. The summed E-state index contributed by atoms with van der Waals surface area (Å²) in [4.78, 5) is 2.45. The zero-order chi connectivity index (χ0) is 11.5. The van der Waals surface area contributed by atoms with E-state index in [9.17, 15) is 0 Å². The lowest BCUT2D eigenvalue weighted by Gasteiger charge is -2.47. The van der Waals surface area contributed by atoms with Gasteiger partial charge in [0.2, 0.25) is 0 Å². The summed E-state index contributed by atoms with van der Waals surface area (Å²) in [5.74, 6) is 2.85. The molecule has 0 aromatic heterocycles. The molecule has 2 nitrogen and oxygen atoms in total. The number of hydrogen-bond acceptors (Lipinski definition) is 2. The molecule has 15 heavy (non-hydrogen) atoms. The zero-order valence-corrected chi connectivity index (χ0v) is 10.5. The Kier molecular flexibility index (Phi) is 4.19. The molecule has 0 spiro atoms. The molecule has 0 saturated carbocycles. The smallest absolute Gasteiger partial charge is 0.0686 e. The minimum atomic E-state index is 0.250. The molecule has 0 amide bonds. The van der Waals surface area contributed by atoms with E-state index in [0.717, 1.165) is 13.1 Å². The van der Waals surface area contributed by atoms with Gasteiger partial charge in [-0.05, 0) is 26.7 Å². The molecule has 1 saturated heterocycles. The van der Waals surface area contributed by atoms with E-state index < -0.39 is 0 Å². The predicted octanol–water partition coefficient (Wildman–Crippen LogP) is 1.86. The molecule has 1 N–H and O–H groups in total. The van der Waals surface area contributed by atoms with Crippen LogP contribution in [0, 0.1) is 12.3 Å². The fraction of sp³-hybridized carbons (Fsp3) is 0.846. The monoisotopic (exact) mass is 208 g/mol. The lowest BCUT2D eigenvalue weighted by atomic mass is 9.88. The Morgan fingerprint density at radius 2 is 2.13 bits per heavy atom. The van der Waals surface area contributed by atoms with Crippen LogP contribution >= 0.6 is 0 Å². The number of terminal acetylenes is 1. The summed E-state index contributed by atoms with van der Waals surface area (Å²) >= 11 is 0. The largest absolute Gasteiger partial charge is 0.308 e. The third-order valence-corrected chi connectivity index (χ3v) is 3.92. The SMILES string of the molecule is C#CC(C)N1CC(CC)(CC)NCC1C. The molecule has 0 radical (unpaired) electrons. The van der Waals surface area contributed by atoms with Gasteiger partial charge in [-0.2, -0.15) is 0 Å². The Morgan fingerprint density at radius 3 is 2.60 bits per heavy atom. The standard InChI is InChI=1S/C13H24N2/c1-6-11(4)15-10-13(7-2,8-3)14-9-12(15)5/h1,11-12,14H,7-10H2,2-5H3. The van der Waals surface area contributed by atoms with Crippen LogP contribution in [0.2, 0.25) is 0 Å². The average Bonchev–Trinajstić information content (AvgIpc) is 2.29. The second kappa shape index (κ2) is 5.01. The zero-order valence-electron chi connectivity index (χ0n) is 10.5. The van der Waals surface area contributed by atoms with E-state index in [0.29, 0.717) is 6.04 Å². The normalized spacial score (nSPS) is 28.3. The molecule has 0 aliphatic carbocycles. The first-order valence-corrected chi connectivity index (χ1v) is 6.05. The van der Waals surface area contributed by atoms with Crippen molar-refractivity contribution in [2.45, 2.75) is 58.2 Å². The highest BCUT2D eigenvalue weighted by atomic mass is 15.3. The molecule has 0 aromatic rings. The van der Waals surface area contributed by atoms with Gasteiger partial charge in [0, 0.05) is 24.7 Å². The molecular weight excluding hydrogens is 184 g/mol. The Balaban J connectivity index is 2.76. The first kappa shape index (κ1) is 12.5. The van der Waals surface area contributed by atoms with Gasteiger partial charge in [-0.3, -0.25) is 4.90 Å². The Bertz CT molecular complexity index is 237. The van der Waals surface area contributed by atoms with Crippen LogP contribution in [-0.2, 0) is 0 Å². The molecule has 2 unspecified atom stereocenters. The number of rotatable bonds is 3. The van der Waals surface area contributed by atoms with Gasteiger partial charge in [0.25, 0.3) is 0 Å². The van der Waals surface area contributed by atoms with E-state index >= 15 is 0 Å². The van der Waals surface area contributed by atoms with Crippen molar-refractivity contribution < 1.29 is 0 Å². The van der Waals surface area contributed by atoms with Crippen molar-refractivity contribution in [2.24, 2.45) is 0 Å². The average molecular weight is 208 g/mol. The summed E-state index contributed by atoms with van der Waals surface area (Å²) in [5.41, 5.74) is 0.275. The van der Waals surface area contributed by atoms with E-state index in [2.05, 4.69) is 43.8 Å². The van der Waals surface area contributed by atoms with Crippen molar-refractivity contribution in [3.63, 3.8) is 0 Å². The molecule has 2 atom stereocenters. The van der Waals surface area contributed by atoms with E-state index in [1.54, 1.807) is 0 Å². The number of hydrogen-bond donors (Lipinski definition) is 1.